The number of allylic oxidation sites excluding steroid dienone is 2. The molecule has 0 heterocycles. The molecule has 0 radical (unpaired) electrons. The van der Waals surface area contributed by atoms with Gasteiger partial charge in [0.15, 0.2) is 11.5 Å². The van der Waals surface area contributed by atoms with Crippen LogP contribution in [0.3, 0.4) is 0 Å². The molecular weight excluding hydrogens is 279 g/mol. The summed E-state index contributed by atoms with van der Waals surface area (Å²) >= 11 is 0. The number of alkyl halides is 1. The second-order valence-electron chi connectivity index (χ2n) is 8.59. The predicted molar refractivity (Wildman–Crippen MR) is 84.3 cm³/mol. The Bertz CT molecular complexity index is 578. The van der Waals surface area contributed by atoms with E-state index in [1.54, 1.807) is 0 Å². The standard InChI is InChI=1S/C19H27FO2/c1-18-8-6-12-15(14(18)9-11(20)10-18)17(22)16(21)13-5-3-4-7-19(12,13)2/h11-12,14,21-22H,3-10H2,1-2H3/t11-,12+,14+,18-,19-/m1/s1. The van der Waals surface area contributed by atoms with Gasteiger partial charge >= 0.3 is 0 Å². The van der Waals surface area contributed by atoms with Crippen molar-refractivity contribution in [3.8, 4) is 0 Å². The van der Waals surface area contributed by atoms with Gasteiger partial charge < -0.3 is 10.2 Å². The van der Waals surface area contributed by atoms with Crippen LogP contribution in [0, 0.1) is 22.7 Å². The lowest BCUT2D eigenvalue weighted by molar-refractivity contribution is 0.0788. The molecule has 4 rings (SSSR count). The van der Waals surface area contributed by atoms with Gasteiger partial charge in [-0.15, -0.1) is 0 Å². The Morgan fingerprint density at radius 1 is 1.05 bits per heavy atom. The average Bonchev–Trinajstić information content (AvgIpc) is 2.78. The summed E-state index contributed by atoms with van der Waals surface area (Å²) in [6.07, 6.45) is 6.68. The molecule has 0 spiro atoms. The van der Waals surface area contributed by atoms with E-state index in [0.29, 0.717) is 18.8 Å². The highest BCUT2D eigenvalue weighted by Gasteiger charge is 2.57. The van der Waals surface area contributed by atoms with Crippen molar-refractivity contribution in [3.05, 3.63) is 22.7 Å². The third kappa shape index (κ3) is 1.71. The topological polar surface area (TPSA) is 40.5 Å². The van der Waals surface area contributed by atoms with E-state index < -0.39 is 6.17 Å². The maximum atomic E-state index is 14.1. The van der Waals surface area contributed by atoms with Gasteiger partial charge in [-0.05, 0) is 78.8 Å². The van der Waals surface area contributed by atoms with E-state index in [0.717, 1.165) is 43.3 Å². The molecular formula is C19H27FO2. The van der Waals surface area contributed by atoms with E-state index in [-0.39, 0.29) is 28.3 Å². The number of halogens is 1. The average molecular weight is 306 g/mol. The number of hydrogen-bond acceptors (Lipinski definition) is 2. The number of aliphatic hydroxyl groups is 2. The molecule has 0 bridgehead atoms. The summed E-state index contributed by atoms with van der Waals surface area (Å²) in [5.74, 6) is 0.621. The van der Waals surface area contributed by atoms with Crippen molar-refractivity contribution in [2.75, 3.05) is 0 Å². The molecule has 0 unspecified atom stereocenters. The van der Waals surface area contributed by atoms with Crippen molar-refractivity contribution < 1.29 is 14.6 Å². The van der Waals surface area contributed by atoms with Crippen LogP contribution in [-0.2, 0) is 0 Å². The normalized spacial score (nSPS) is 48.0. The zero-order chi connectivity index (χ0) is 15.7. The smallest absolute Gasteiger partial charge is 0.157 e. The summed E-state index contributed by atoms with van der Waals surface area (Å²) in [6, 6.07) is 0. The minimum Gasteiger partial charge on any atom is -0.504 e. The molecule has 0 saturated heterocycles. The molecule has 2 N–H and O–H groups in total. The highest BCUT2D eigenvalue weighted by molar-refractivity contribution is 5.44. The Balaban J connectivity index is 1.86. The maximum absolute atomic E-state index is 14.1. The Labute approximate surface area is 132 Å². The van der Waals surface area contributed by atoms with E-state index in [1.807, 2.05) is 0 Å². The fourth-order valence-electron chi connectivity index (χ4n) is 6.20. The van der Waals surface area contributed by atoms with E-state index in [2.05, 4.69) is 13.8 Å². The van der Waals surface area contributed by atoms with Crippen molar-refractivity contribution in [1.29, 1.82) is 0 Å². The van der Waals surface area contributed by atoms with Gasteiger partial charge in [-0.2, -0.15) is 0 Å². The molecule has 0 aromatic heterocycles. The van der Waals surface area contributed by atoms with Crippen LogP contribution in [0.5, 0.6) is 0 Å². The Kier molecular flexibility index (Phi) is 3.00. The number of hydrogen-bond donors (Lipinski definition) is 2. The minimum absolute atomic E-state index is 0.0281. The van der Waals surface area contributed by atoms with E-state index in [9.17, 15) is 14.6 Å². The summed E-state index contributed by atoms with van der Waals surface area (Å²) in [7, 11) is 0. The molecule has 4 aliphatic carbocycles. The highest BCUT2D eigenvalue weighted by atomic mass is 19.1. The zero-order valence-electron chi connectivity index (χ0n) is 13.7. The molecule has 3 heteroatoms. The third-order valence-corrected chi connectivity index (χ3v) is 7.39. The van der Waals surface area contributed by atoms with Gasteiger partial charge in [0.1, 0.15) is 6.17 Å². The van der Waals surface area contributed by atoms with E-state index >= 15 is 0 Å². The molecule has 0 aromatic carbocycles. The third-order valence-electron chi connectivity index (χ3n) is 7.39. The largest absolute Gasteiger partial charge is 0.504 e. The molecule has 4 aliphatic rings. The number of rotatable bonds is 0. The number of aliphatic hydroxyl groups excluding tert-OH is 2. The highest BCUT2D eigenvalue weighted by Crippen LogP contribution is 2.65. The zero-order valence-corrected chi connectivity index (χ0v) is 13.7. The lowest BCUT2D eigenvalue weighted by Crippen LogP contribution is -2.45. The Morgan fingerprint density at radius 2 is 1.82 bits per heavy atom. The van der Waals surface area contributed by atoms with Gasteiger partial charge in [0.2, 0.25) is 0 Å². The van der Waals surface area contributed by atoms with Crippen molar-refractivity contribution in [2.45, 2.75) is 71.4 Å². The first-order valence-electron chi connectivity index (χ1n) is 8.87. The molecule has 5 atom stereocenters. The second kappa shape index (κ2) is 4.52. The minimum atomic E-state index is -0.763. The predicted octanol–water partition coefficient (Wildman–Crippen LogP) is 5.37. The van der Waals surface area contributed by atoms with Crippen molar-refractivity contribution in [1.82, 2.24) is 0 Å². The summed E-state index contributed by atoms with van der Waals surface area (Å²) in [6.45, 7) is 4.44. The van der Waals surface area contributed by atoms with Crippen LogP contribution in [0.4, 0.5) is 4.39 Å². The van der Waals surface area contributed by atoms with Crippen LogP contribution in [0.2, 0.25) is 0 Å². The summed E-state index contributed by atoms with van der Waals surface area (Å²) in [5, 5.41) is 21.3. The first-order valence-corrected chi connectivity index (χ1v) is 8.87. The van der Waals surface area contributed by atoms with Crippen LogP contribution in [0.1, 0.15) is 65.2 Å². The van der Waals surface area contributed by atoms with Gasteiger partial charge in [-0.1, -0.05) is 20.3 Å². The van der Waals surface area contributed by atoms with Gasteiger partial charge in [-0.25, -0.2) is 4.39 Å². The van der Waals surface area contributed by atoms with E-state index in [4.69, 9.17) is 0 Å². The van der Waals surface area contributed by atoms with Gasteiger partial charge in [0.05, 0.1) is 0 Å². The molecule has 0 amide bonds. The first-order chi connectivity index (χ1) is 10.4. The fraction of sp³-hybridized carbons (Fsp3) is 0.789. The SMILES string of the molecule is C[C@]12CC[C@H]3C(=C(O)C(O)=C4CCCC[C@@]43C)[C@@H]1C[C@@H](F)C2. The van der Waals surface area contributed by atoms with Crippen molar-refractivity contribution >= 4 is 0 Å². The van der Waals surface area contributed by atoms with Gasteiger partial charge in [0.25, 0.3) is 0 Å². The van der Waals surface area contributed by atoms with Gasteiger partial charge in [0, 0.05) is 0 Å². The molecule has 3 fully saturated rings. The summed E-state index contributed by atoms with van der Waals surface area (Å²) in [5.41, 5.74) is 1.98. The molecule has 0 aliphatic heterocycles. The lowest BCUT2D eigenvalue weighted by Gasteiger charge is -2.53. The summed E-state index contributed by atoms with van der Waals surface area (Å²) in [4.78, 5) is 0. The van der Waals surface area contributed by atoms with Crippen molar-refractivity contribution in [2.24, 2.45) is 22.7 Å². The Morgan fingerprint density at radius 3 is 2.59 bits per heavy atom. The van der Waals surface area contributed by atoms with Gasteiger partial charge in [-0.3, -0.25) is 0 Å². The second-order valence-corrected chi connectivity index (χ2v) is 8.59. The lowest BCUT2D eigenvalue weighted by atomic mass is 9.51. The maximum Gasteiger partial charge on any atom is 0.157 e. The van der Waals surface area contributed by atoms with Crippen LogP contribution >= 0.6 is 0 Å². The summed E-state index contributed by atoms with van der Waals surface area (Å²) < 4.78 is 14.1. The van der Waals surface area contributed by atoms with E-state index in [1.165, 1.54) is 6.42 Å². The van der Waals surface area contributed by atoms with Crippen LogP contribution in [-0.4, -0.2) is 16.4 Å². The molecule has 22 heavy (non-hydrogen) atoms. The number of fused-ring (bicyclic) bond motifs is 5. The molecule has 0 aromatic rings. The fourth-order valence-corrected chi connectivity index (χ4v) is 6.20. The Hall–Kier alpha value is -0.990. The van der Waals surface area contributed by atoms with Crippen LogP contribution < -0.4 is 0 Å². The monoisotopic (exact) mass is 306 g/mol. The quantitative estimate of drug-likeness (QED) is 0.631. The molecule has 3 saturated carbocycles. The molecule has 122 valence electrons. The first kappa shape index (κ1) is 14.6. The van der Waals surface area contributed by atoms with Crippen molar-refractivity contribution in [3.63, 3.8) is 0 Å². The van der Waals surface area contributed by atoms with Crippen LogP contribution in [0.15, 0.2) is 22.7 Å². The van der Waals surface area contributed by atoms with Crippen LogP contribution in [0.25, 0.3) is 0 Å². The molecule has 2 nitrogen and oxygen atoms in total.